The third-order valence-electron chi connectivity index (χ3n) is 15.6. The predicted molar refractivity (Wildman–Crippen MR) is 270 cm³/mol. The van der Waals surface area contributed by atoms with E-state index in [-0.39, 0.29) is 72.9 Å². The Balaban J connectivity index is 1.50. The molecule has 0 radical (unpaired) electrons. The average molecular weight is 1010 g/mol. The van der Waals surface area contributed by atoms with Gasteiger partial charge >= 0.3 is 5.97 Å². The van der Waals surface area contributed by atoms with Crippen LogP contribution in [0.1, 0.15) is 145 Å². The van der Waals surface area contributed by atoms with E-state index in [9.17, 15) is 29.1 Å². The van der Waals surface area contributed by atoms with Crippen LogP contribution in [0.5, 0.6) is 0 Å². The number of fused-ring (bicyclic) bond motifs is 3. The minimum Gasteiger partial charge on any atom is -0.460 e. The van der Waals surface area contributed by atoms with Crippen molar-refractivity contribution in [3.8, 4) is 0 Å². The average Bonchev–Trinajstić information content (AvgIpc) is 3.90. The summed E-state index contributed by atoms with van der Waals surface area (Å²) in [7, 11) is 4.76. The first-order valence-electron chi connectivity index (χ1n) is 26.4. The van der Waals surface area contributed by atoms with Crippen molar-refractivity contribution in [2.24, 2.45) is 35.5 Å². The first kappa shape index (κ1) is 58.6. The van der Waals surface area contributed by atoms with E-state index in [0.717, 1.165) is 18.4 Å². The highest BCUT2D eigenvalue weighted by Gasteiger charge is 2.53. The molecule has 4 aliphatic rings. The van der Waals surface area contributed by atoms with E-state index in [1.54, 1.807) is 39.1 Å². The van der Waals surface area contributed by atoms with E-state index in [1.807, 2.05) is 78.0 Å². The summed E-state index contributed by atoms with van der Waals surface area (Å²) in [4.78, 5) is 73.3. The number of aromatic nitrogens is 4. The summed E-state index contributed by atoms with van der Waals surface area (Å²) in [5.41, 5.74) is 1.56. The second-order valence-electron chi connectivity index (χ2n) is 21.5. The highest BCUT2D eigenvalue weighted by atomic mass is 16.6. The summed E-state index contributed by atoms with van der Waals surface area (Å²) in [5.74, 6) is -7.43. The van der Waals surface area contributed by atoms with Crippen molar-refractivity contribution >= 4 is 29.2 Å². The van der Waals surface area contributed by atoms with Crippen LogP contribution in [0.4, 0.5) is 0 Å². The van der Waals surface area contributed by atoms with Gasteiger partial charge in [-0.3, -0.25) is 19.2 Å². The number of hydrogen-bond donors (Lipinski definition) is 1. The highest BCUT2D eigenvalue weighted by Crippen LogP contribution is 2.39. The SMILES string of the molecule is CO[C@H]1C[C@@H]2CC[C@@H](C)[C@@](O)(O2)C(=O)C(=O)N2CCCC[C@H]2C(=O)O[C@H]([C@H](C)C[C@@H]2CC[C@H](n3cnnn3)[C@H](OC)C2)CC(=O)[C@H](C)/C=C(\C)[C@@H](OC(C)C)[C@@H](OC)C(=O)[C@H](C)C[C@H](C)/C=C/C=CC=C1C. The molecule has 1 saturated carbocycles. The van der Waals surface area contributed by atoms with Crippen LogP contribution in [0.25, 0.3) is 0 Å². The number of Topliss-reactive ketones (excluding diaryl/α,β-unsaturated/α-hetero) is 3. The number of amides is 1. The van der Waals surface area contributed by atoms with Crippen molar-refractivity contribution in [1.82, 2.24) is 25.1 Å². The molecule has 17 heteroatoms. The number of nitrogens with zero attached hydrogens (tertiary/aromatic N) is 5. The van der Waals surface area contributed by atoms with Gasteiger partial charge in [-0.1, -0.05) is 71.1 Å². The van der Waals surface area contributed by atoms with Gasteiger partial charge in [-0.05, 0) is 131 Å². The van der Waals surface area contributed by atoms with Crippen molar-refractivity contribution in [2.75, 3.05) is 27.9 Å². The Bertz CT molecular complexity index is 2090. The summed E-state index contributed by atoms with van der Waals surface area (Å²) in [6.45, 7) is 17.1. The smallest absolute Gasteiger partial charge is 0.329 e. The molecule has 1 amide bonds. The van der Waals surface area contributed by atoms with E-state index < -0.39 is 71.8 Å². The quantitative estimate of drug-likeness (QED) is 0.145. The zero-order valence-electron chi connectivity index (χ0n) is 45.1. The van der Waals surface area contributed by atoms with E-state index in [4.69, 9.17) is 28.4 Å². The fourth-order valence-corrected chi connectivity index (χ4v) is 11.2. The molecular weight excluding hydrogens is 923 g/mol. The summed E-state index contributed by atoms with van der Waals surface area (Å²) in [6.07, 6.45) is 15.0. The number of aliphatic hydroxyl groups is 1. The van der Waals surface area contributed by atoms with Gasteiger partial charge in [0.2, 0.25) is 5.79 Å². The monoisotopic (exact) mass is 1010 g/mol. The van der Waals surface area contributed by atoms with Crippen molar-refractivity contribution in [1.29, 1.82) is 0 Å². The Morgan fingerprint density at radius 3 is 2.26 bits per heavy atom. The summed E-state index contributed by atoms with van der Waals surface area (Å²) < 4.78 is 38.5. The highest BCUT2D eigenvalue weighted by molar-refractivity contribution is 6.39. The van der Waals surface area contributed by atoms with Crippen LogP contribution in [-0.2, 0) is 52.4 Å². The van der Waals surface area contributed by atoms with E-state index in [0.29, 0.717) is 56.9 Å². The number of rotatable bonds is 9. The predicted octanol–water partition coefficient (Wildman–Crippen LogP) is 7.48. The van der Waals surface area contributed by atoms with Crippen LogP contribution in [0, 0.1) is 35.5 Å². The molecule has 2 bridgehead atoms. The normalized spacial score (nSPS) is 36.6. The minimum atomic E-state index is -2.43. The number of tetrazole rings is 1. The molecule has 0 aromatic carbocycles. The molecule has 402 valence electrons. The van der Waals surface area contributed by atoms with Crippen LogP contribution >= 0.6 is 0 Å². The van der Waals surface area contributed by atoms with Gasteiger partial charge in [-0.2, -0.15) is 0 Å². The van der Waals surface area contributed by atoms with Gasteiger partial charge in [-0.25, -0.2) is 9.48 Å². The number of cyclic esters (lactones) is 1. The minimum absolute atomic E-state index is 0.0442. The molecule has 2 saturated heterocycles. The first-order valence-corrected chi connectivity index (χ1v) is 26.4. The molecule has 3 fully saturated rings. The summed E-state index contributed by atoms with van der Waals surface area (Å²) >= 11 is 0. The lowest BCUT2D eigenvalue weighted by Gasteiger charge is -2.42. The van der Waals surface area contributed by atoms with E-state index in [2.05, 4.69) is 22.4 Å². The fourth-order valence-electron chi connectivity index (χ4n) is 11.2. The lowest BCUT2D eigenvalue weighted by Crippen LogP contribution is -2.61. The first-order chi connectivity index (χ1) is 34.2. The number of carbonyl (C=O) groups is 5. The Morgan fingerprint density at radius 2 is 1.60 bits per heavy atom. The van der Waals surface area contributed by atoms with Crippen molar-refractivity contribution in [3.63, 3.8) is 0 Å². The van der Waals surface area contributed by atoms with Crippen molar-refractivity contribution in [3.05, 3.63) is 53.9 Å². The molecule has 4 heterocycles. The van der Waals surface area contributed by atoms with Crippen LogP contribution in [-0.4, -0.2) is 142 Å². The van der Waals surface area contributed by atoms with Gasteiger partial charge in [0.1, 0.15) is 36.5 Å². The maximum Gasteiger partial charge on any atom is 0.329 e. The van der Waals surface area contributed by atoms with Gasteiger partial charge in [-0.15, -0.1) is 5.10 Å². The molecule has 5 rings (SSSR count). The number of carbonyl (C=O) groups excluding carboxylic acids is 5. The number of piperidine rings is 1. The second kappa shape index (κ2) is 27.3. The topological polar surface area (TPSA) is 208 Å². The summed E-state index contributed by atoms with van der Waals surface area (Å²) in [6, 6.07) is -1.17. The molecule has 15 atom stereocenters. The lowest BCUT2D eigenvalue weighted by atomic mass is 9.77. The van der Waals surface area contributed by atoms with Crippen LogP contribution < -0.4 is 0 Å². The Hall–Kier alpha value is -4.26. The number of allylic oxidation sites excluding steroid dienone is 6. The largest absolute Gasteiger partial charge is 0.460 e. The molecule has 72 heavy (non-hydrogen) atoms. The van der Waals surface area contributed by atoms with Crippen molar-refractivity contribution in [2.45, 2.75) is 200 Å². The van der Waals surface area contributed by atoms with Gasteiger partial charge in [0.15, 0.2) is 5.78 Å². The fraction of sp³-hybridized carbons (Fsp3) is 0.745. The van der Waals surface area contributed by atoms with Gasteiger partial charge in [0.25, 0.3) is 11.7 Å². The number of ketones is 3. The Morgan fingerprint density at radius 1 is 0.847 bits per heavy atom. The van der Waals surface area contributed by atoms with Gasteiger partial charge in [0, 0.05) is 58.5 Å². The van der Waals surface area contributed by atoms with Gasteiger partial charge in [0.05, 0.1) is 30.5 Å². The molecule has 0 spiro atoms. The Labute approximate surface area is 427 Å². The molecule has 0 unspecified atom stereocenters. The third-order valence-corrected chi connectivity index (χ3v) is 15.6. The zero-order chi connectivity index (χ0) is 52.9. The third kappa shape index (κ3) is 15.2. The van der Waals surface area contributed by atoms with Crippen LogP contribution in [0.2, 0.25) is 0 Å². The van der Waals surface area contributed by atoms with Crippen LogP contribution in [0.15, 0.2) is 53.9 Å². The zero-order valence-corrected chi connectivity index (χ0v) is 45.1. The standard InChI is InChI=1S/C55H85N5O12/c1-33(2)70-50-39(8)27-36(5)45(61)31-47(37(6)28-41-22-24-43(48(29-41)68-11)60-32-56-57-58-60)71-54(65)44-20-16-17-25-59(44)53(64)52(63)55(66)40(9)21-23-42(72-55)30-46(67-10)35(4)19-15-13-14-18-34(3)26-38(7)49(62)51(50)69-12/h13-15,18-19,27,32-34,36-38,40-44,46-48,50-51,66H,16-17,20-26,28-31H2,1-12H3/b15-13?,18-14+,35-19?,39-27+/t34-,36-,37-,38-,40-,41+,42+,43+,44+,46+,47+,48-,50-,51+,55-/m1/s1. The van der Waals surface area contributed by atoms with Crippen molar-refractivity contribution < 1.29 is 57.5 Å². The second-order valence-corrected chi connectivity index (χ2v) is 21.5. The number of hydrogen-bond acceptors (Lipinski definition) is 15. The molecule has 17 nitrogen and oxygen atoms in total. The number of ether oxygens (including phenoxy) is 6. The van der Waals surface area contributed by atoms with Crippen LogP contribution in [0.3, 0.4) is 0 Å². The maximum absolute atomic E-state index is 14.6. The van der Waals surface area contributed by atoms with E-state index in [1.165, 1.54) is 12.0 Å². The molecule has 1 N–H and O–H groups in total. The maximum atomic E-state index is 14.6. The molecule has 1 aliphatic carbocycles. The lowest BCUT2D eigenvalue weighted by molar-refractivity contribution is -0.265. The van der Waals surface area contributed by atoms with Gasteiger partial charge < -0.3 is 38.4 Å². The molecule has 1 aromatic rings. The number of methoxy groups -OCH3 is 3. The molecule has 3 aliphatic heterocycles. The Kier molecular flexibility index (Phi) is 22.2. The summed E-state index contributed by atoms with van der Waals surface area (Å²) in [5, 5.41) is 23.8. The molecular formula is C55H85N5O12. The van der Waals surface area contributed by atoms with E-state index >= 15 is 0 Å². The molecule has 1 aromatic heterocycles. The number of esters is 1.